The molecule has 0 amide bonds. The van der Waals surface area contributed by atoms with Gasteiger partial charge in [0, 0.05) is 17.6 Å². The van der Waals surface area contributed by atoms with Gasteiger partial charge in [0.15, 0.2) is 11.5 Å². The van der Waals surface area contributed by atoms with E-state index in [0.29, 0.717) is 41.3 Å². The maximum atomic E-state index is 6.54. The number of nitrogens with one attached hydrogen (secondary N) is 1. The lowest BCUT2D eigenvalue weighted by Gasteiger charge is -2.18. The van der Waals surface area contributed by atoms with Gasteiger partial charge in [-0.05, 0) is 54.8 Å². The largest absolute Gasteiger partial charge is 0.490 e. The van der Waals surface area contributed by atoms with Crippen LogP contribution >= 0.6 is 35.6 Å². The predicted octanol–water partition coefficient (Wildman–Crippen LogP) is 7.24. The third kappa shape index (κ3) is 6.82. The summed E-state index contributed by atoms with van der Waals surface area (Å²) in [7, 11) is 0. The van der Waals surface area contributed by atoms with E-state index in [1.54, 1.807) is 0 Å². The van der Waals surface area contributed by atoms with Crippen molar-refractivity contribution in [2.45, 2.75) is 33.0 Å². The van der Waals surface area contributed by atoms with E-state index in [1.165, 1.54) is 5.56 Å². The minimum Gasteiger partial charge on any atom is -0.490 e. The number of rotatable bonds is 9. The molecular weight excluding hydrogens is 441 g/mol. The summed E-state index contributed by atoms with van der Waals surface area (Å²) in [6.45, 7) is 5.68. The van der Waals surface area contributed by atoms with Crippen LogP contribution in [0.1, 0.15) is 36.6 Å². The fourth-order valence-electron chi connectivity index (χ4n) is 2.99. The highest BCUT2D eigenvalue weighted by molar-refractivity contribution is 6.32. The Morgan fingerprint density at radius 1 is 0.900 bits per heavy atom. The normalized spacial score (nSPS) is 11.5. The molecule has 0 aliphatic heterocycles. The minimum absolute atomic E-state index is 0. The van der Waals surface area contributed by atoms with E-state index in [-0.39, 0.29) is 18.4 Å². The highest BCUT2D eigenvalue weighted by Crippen LogP contribution is 2.37. The number of hydrogen-bond acceptors (Lipinski definition) is 3. The number of halogens is 3. The molecule has 0 aliphatic carbocycles. The molecule has 0 saturated carbocycles. The zero-order valence-corrected chi connectivity index (χ0v) is 19.4. The Kier molecular flexibility index (Phi) is 9.80. The quantitative estimate of drug-likeness (QED) is 0.360. The minimum atomic E-state index is 0. The van der Waals surface area contributed by atoms with E-state index in [4.69, 9.17) is 32.7 Å². The van der Waals surface area contributed by atoms with Crippen molar-refractivity contribution in [2.75, 3.05) is 6.61 Å². The van der Waals surface area contributed by atoms with Gasteiger partial charge in [-0.25, -0.2) is 0 Å². The Balaban J connectivity index is 0.00000320. The molecule has 0 spiro atoms. The van der Waals surface area contributed by atoms with Gasteiger partial charge in [0.05, 0.1) is 11.6 Å². The highest BCUT2D eigenvalue weighted by atomic mass is 35.5. The van der Waals surface area contributed by atoms with Crippen LogP contribution in [0.2, 0.25) is 10.0 Å². The molecule has 6 heteroatoms. The van der Waals surface area contributed by atoms with Crippen LogP contribution < -0.4 is 14.8 Å². The van der Waals surface area contributed by atoms with Gasteiger partial charge in [0.1, 0.15) is 6.61 Å². The van der Waals surface area contributed by atoms with Crippen molar-refractivity contribution in [1.82, 2.24) is 5.32 Å². The Hall–Kier alpha value is -1.91. The van der Waals surface area contributed by atoms with Crippen LogP contribution in [0.15, 0.2) is 66.7 Å². The predicted molar refractivity (Wildman–Crippen MR) is 127 cm³/mol. The first-order valence-corrected chi connectivity index (χ1v) is 10.4. The summed E-state index contributed by atoms with van der Waals surface area (Å²) in [5, 5.41) is 4.76. The van der Waals surface area contributed by atoms with Gasteiger partial charge in [-0.1, -0.05) is 65.7 Å². The molecule has 160 valence electrons. The van der Waals surface area contributed by atoms with Crippen LogP contribution in [0.5, 0.6) is 11.5 Å². The zero-order chi connectivity index (χ0) is 20.6. The van der Waals surface area contributed by atoms with Crippen LogP contribution in [0.3, 0.4) is 0 Å². The van der Waals surface area contributed by atoms with Crippen LogP contribution in [0.4, 0.5) is 0 Å². The lowest BCUT2D eigenvalue weighted by Crippen LogP contribution is -2.18. The summed E-state index contributed by atoms with van der Waals surface area (Å²) in [5.41, 5.74) is 3.29. The third-order valence-corrected chi connectivity index (χ3v) is 5.11. The number of ether oxygens (including phenoxy) is 2. The summed E-state index contributed by atoms with van der Waals surface area (Å²) in [6.07, 6.45) is 0. The van der Waals surface area contributed by atoms with Crippen molar-refractivity contribution in [3.8, 4) is 11.5 Å². The summed E-state index contributed by atoms with van der Waals surface area (Å²) in [5.74, 6) is 1.21. The van der Waals surface area contributed by atoms with Gasteiger partial charge >= 0.3 is 0 Å². The Labute approximate surface area is 194 Å². The topological polar surface area (TPSA) is 30.5 Å². The second-order valence-corrected chi connectivity index (χ2v) is 7.61. The zero-order valence-electron chi connectivity index (χ0n) is 17.0. The average molecular weight is 467 g/mol. The van der Waals surface area contributed by atoms with Gasteiger partial charge in [-0.3, -0.25) is 0 Å². The first-order chi connectivity index (χ1) is 14.1. The first kappa shape index (κ1) is 24.4. The Morgan fingerprint density at radius 3 is 2.27 bits per heavy atom. The number of hydrogen-bond donors (Lipinski definition) is 1. The summed E-state index contributed by atoms with van der Waals surface area (Å²) in [4.78, 5) is 0. The lowest BCUT2D eigenvalue weighted by molar-refractivity contribution is 0.269. The molecule has 0 radical (unpaired) electrons. The molecule has 0 bridgehead atoms. The van der Waals surface area contributed by atoms with Crippen molar-refractivity contribution >= 4 is 35.6 Å². The number of benzene rings is 3. The first-order valence-electron chi connectivity index (χ1n) is 9.67. The molecule has 1 atom stereocenters. The van der Waals surface area contributed by atoms with E-state index >= 15 is 0 Å². The smallest absolute Gasteiger partial charge is 0.180 e. The van der Waals surface area contributed by atoms with Crippen LogP contribution in [-0.4, -0.2) is 6.61 Å². The molecule has 3 aromatic rings. The lowest BCUT2D eigenvalue weighted by atomic mass is 10.1. The molecule has 0 aliphatic rings. The summed E-state index contributed by atoms with van der Waals surface area (Å²) >= 11 is 12.5. The standard InChI is InChI=1S/C24H25Cl2NO2.ClH/c1-3-28-23-14-19(15-27-17(2)20-7-5-4-6-8-20)13-22(26)24(23)29-16-18-9-11-21(25)12-10-18;/h4-14,17,27H,3,15-16H2,1-2H3;1H. The van der Waals surface area contributed by atoms with Crippen molar-refractivity contribution in [2.24, 2.45) is 0 Å². The molecule has 0 fully saturated rings. The monoisotopic (exact) mass is 465 g/mol. The third-order valence-electron chi connectivity index (χ3n) is 4.58. The van der Waals surface area contributed by atoms with E-state index in [9.17, 15) is 0 Å². The molecule has 0 heterocycles. The Morgan fingerprint density at radius 2 is 1.60 bits per heavy atom. The molecule has 3 aromatic carbocycles. The van der Waals surface area contributed by atoms with Crippen molar-refractivity contribution in [3.63, 3.8) is 0 Å². The van der Waals surface area contributed by atoms with E-state index in [0.717, 1.165) is 11.1 Å². The molecule has 3 nitrogen and oxygen atoms in total. The second kappa shape index (κ2) is 12.1. The Bertz CT molecular complexity index is 918. The summed E-state index contributed by atoms with van der Waals surface area (Å²) < 4.78 is 11.8. The maximum absolute atomic E-state index is 6.54. The second-order valence-electron chi connectivity index (χ2n) is 6.77. The van der Waals surface area contributed by atoms with Gasteiger partial charge < -0.3 is 14.8 Å². The molecular formula is C24H26Cl3NO2. The molecule has 0 saturated heterocycles. The van der Waals surface area contributed by atoms with Gasteiger partial charge in [-0.15, -0.1) is 12.4 Å². The van der Waals surface area contributed by atoms with E-state index in [2.05, 4.69) is 24.4 Å². The van der Waals surface area contributed by atoms with Gasteiger partial charge in [0.2, 0.25) is 0 Å². The molecule has 30 heavy (non-hydrogen) atoms. The maximum Gasteiger partial charge on any atom is 0.180 e. The van der Waals surface area contributed by atoms with Crippen LogP contribution in [0.25, 0.3) is 0 Å². The van der Waals surface area contributed by atoms with Gasteiger partial charge in [-0.2, -0.15) is 0 Å². The SMILES string of the molecule is CCOc1cc(CNC(C)c2ccccc2)cc(Cl)c1OCc1ccc(Cl)cc1.Cl. The molecule has 3 rings (SSSR count). The van der Waals surface area contributed by atoms with Gasteiger partial charge in [0.25, 0.3) is 0 Å². The van der Waals surface area contributed by atoms with Crippen LogP contribution in [-0.2, 0) is 13.2 Å². The average Bonchev–Trinajstić information content (AvgIpc) is 2.73. The van der Waals surface area contributed by atoms with E-state index < -0.39 is 0 Å². The molecule has 1 N–H and O–H groups in total. The van der Waals surface area contributed by atoms with E-state index in [1.807, 2.05) is 61.5 Å². The van der Waals surface area contributed by atoms with Crippen molar-refractivity contribution < 1.29 is 9.47 Å². The van der Waals surface area contributed by atoms with Crippen molar-refractivity contribution in [3.05, 3.63) is 93.5 Å². The van der Waals surface area contributed by atoms with Crippen molar-refractivity contribution in [1.29, 1.82) is 0 Å². The fourth-order valence-corrected chi connectivity index (χ4v) is 3.41. The molecule has 0 aromatic heterocycles. The molecule has 1 unspecified atom stereocenters. The van der Waals surface area contributed by atoms with Crippen LogP contribution in [0, 0.1) is 0 Å². The summed E-state index contributed by atoms with van der Waals surface area (Å²) in [6, 6.07) is 22.0. The fraction of sp³-hybridized carbons (Fsp3) is 0.250. The highest BCUT2D eigenvalue weighted by Gasteiger charge is 2.14.